The number of hydrogen-bond acceptors (Lipinski definition) is 9. The number of benzene rings is 6. The average Bonchev–Trinajstić information content (AvgIpc) is 3.93. The molecule has 0 radical (unpaired) electrons. The van der Waals surface area contributed by atoms with Gasteiger partial charge in [-0.2, -0.15) is 10.2 Å². The zero-order chi connectivity index (χ0) is 44.1. The Bertz CT molecular complexity index is 2520. The number of para-hydroxylation sites is 2. The molecule has 0 unspecified atom stereocenters. The molecule has 13 heteroatoms. The lowest BCUT2D eigenvalue weighted by atomic mass is 10.1. The summed E-state index contributed by atoms with van der Waals surface area (Å²) in [7, 11) is 3.77. The zero-order valence-electron chi connectivity index (χ0n) is 35.3. The van der Waals surface area contributed by atoms with Gasteiger partial charge in [0.05, 0.1) is 13.1 Å². The average molecular weight is 971 g/mol. The third-order valence-corrected chi connectivity index (χ3v) is 10.4. The molecule has 11 nitrogen and oxygen atoms in total. The van der Waals surface area contributed by atoms with E-state index in [9.17, 15) is 4.79 Å². The van der Waals surface area contributed by atoms with Crippen LogP contribution in [0.15, 0.2) is 179 Å². The van der Waals surface area contributed by atoms with Crippen LogP contribution in [0.2, 0.25) is 0 Å². The second-order valence-electron chi connectivity index (χ2n) is 14.5. The third kappa shape index (κ3) is 16.9. The van der Waals surface area contributed by atoms with Crippen molar-refractivity contribution < 1.29 is 14.3 Å². The summed E-state index contributed by atoms with van der Waals surface area (Å²) in [4.78, 5) is 21.4. The summed E-state index contributed by atoms with van der Waals surface area (Å²) in [5.74, 6) is 4.86. The van der Waals surface area contributed by atoms with Crippen LogP contribution >= 0.6 is 31.9 Å². The number of nitrogens with one attached hydrogen (secondary N) is 1. The lowest BCUT2D eigenvalue weighted by Crippen LogP contribution is -2.26. The fourth-order valence-electron chi connectivity index (χ4n) is 6.14. The zero-order valence-corrected chi connectivity index (χ0v) is 38.5. The van der Waals surface area contributed by atoms with E-state index in [-0.39, 0.29) is 0 Å². The van der Waals surface area contributed by atoms with E-state index in [1.807, 2.05) is 86.9 Å². The summed E-state index contributed by atoms with van der Waals surface area (Å²) in [5, 5.41) is 12.0. The number of aldehydes is 1. The van der Waals surface area contributed by atoms with E-state index in [1.54, 1.807) is 46.3 Å². The number of halogens is 2. The van der Waals surface area contributed by atoms with E-state index >= 15 is 0 Å². The fraction of sp³-hybridized carbons (Fsp3) is 0.180. The molecule has 6 aromatic carbocycles. The predicted octanol–water partition coefficient (Wildman–Crippen LogP) is 10.8. The molecule has 0 spiro atoms. The van der Waals surface area contributed by atoms with Gasteiger partial charge < -0.3 is 14.8 Å². The first kappa shape index (κ1) is 46.3. The molecule has 0 aliphatic heterocycles. The number of aromatic nitrogens is 6. The maximum atomic E-state index is 10.4. The minimum atomic E-state index is 0.649. The van der Waals surface area contributed by atoms with Crippen molar-refractivity contribution in [3.8, 4) is 23.0 Å². The van der Waals surface area contributed by atoms with Crippen molar-refractivity contribution in [3.05, 3.63) is 213 Å². The van der Waals surface area contributed by atoms with Crippen LogP contribution in [0.5, 0.6) is 23.0 Å². The molecule has 2 aromatic heterocycles. The van der Waals surface area contributed by atoms with Gasteiger partial charge in [-0.1, -0.05) is 105 Å². The summed E-state index contributed by atoms with van der Waals surface area (Å²) in [6.45, 7) is 4.10. The Morgan fingerprint density at radius 3 is 1.51 bits per heavy atom. The van der Waals surface area contributed by atoms with Crippen LogP contribution < -0.4 is 14.8 Å². The van der Waals surface area contributed by atoms with Crippen LogP contribution in [0.25, 0.3) is 0 Å². The number of nitrogens with zero attached hydrogens (tertiary/aromatic N) is 7. The molecule has 0 atom stereocenters. The molecule has 2 heterocycles. The van der Waals surface area contributed by atoms with Gasteiger partial charge in [-0.05, 0) is 121 Å². The predicted molar refractivity (Wildman–Crippen MR) is 255 cm³/mol. The van der Waals surface area contributed by atoms with Gasteiger partial charge in [0.15, 0.2) is 11.6 Å². The Balaban J connectivity index is 0.000000174. The molecule has 0 fully saturated rings. The Morgan fingerprint density at radius 1 is 0.556 bits per heavy atom. The van der Waals surface area contributed by atoms with Gasteiger partial charge in [-0.3, -0.25) is 19.1 Å². The monoisotopic (exact) mass is 968 g/mol. The number of carbonyl (C=O) groups is 1. The largest absolute Gasteiger partial charge is 0.457 e. The molecule has 8 aromatic rings. The maximum absolute atomic E-state index is 10.4. The van der Waals surface area contributed by atoms with E-state index in [0.29, 0.717) is 12.1 Å². The van der Waals surface area contributed by atoms with Gasteiger partial charge in [0.1, 0.15) is 41.9 Å². The minimum absolute atomic E-state index is 0.649. The van der Waals surface area contributed by atoms with Crippen LogP contribution in [-0.4, -0.2) is 53.8 Å². The number of hydrogen-bond donors (Lipinski definition) is 1. The molecular weight excluding hydrogens is 920 g/mol. The maximum Gasteiger partial charge on any atom is 0.164 e. The second kappa shape index (κ2) is 25.0. The van der Waals surface area contributed by atoms with E-state index in [0.717, 1.165) is 88.9 Å². The van der Waals surface area contributed by atoms with Crippen molar-refractivity contribution in [2.45, 2.75) is 32.5 Å². The van der Waals surface area contributed by atoms with Gasteiger partial charge in [-0.15, -0.1) is 0 Å². The smallest absolute Gasteiger partial charge is 0.164 e. The highest BCUT2D eigenvalue weighted by molar-refractivity contribution is 9.10. The Kier molecular flexibility index (Phi) is 18.4. The van der Waals surface area contributed by atoms with Gasteiger partial charge in [0, 0.05) is 41.7 Å². The first-order valence-corrected chi connectivity index (χ1v) is 22.1. The molecule has 0 aliphatic rings. The number of rotatable bonds is 17. The standard InChI is InChI=1S/C25H25BrN4O.C13H10O2.C12H15BrN4/c1-29-19-27-25(28-29)18-30(16-15-20-7-11-22(26)12-8-20)17-21-9-13-24(14-10-21)31-23-5-3-2-4-6-23;14-10-11-6-8-13(9-7-11)15-12-4-2-1-3-5-12;1-17-9-15-12(16-17)8-14-7-6-10-2-4-11(13)5-3-10/h2-14,19H,15-18H2,1H3;1-10H;2-5,9,14H,6-8H2,1H3. The molecule has 0 saturated heterocycles. The van der Waals surface area contributed by atoms with Crippen molar-refractivity contribution in [2.75, 3.05) is 13.1 Å². The molecule has 0 amide bonds. The van der Waals surface area contributed by atoms with E-state index in [1.165, 1.54) is 16.7 Å². The first-order chi connectivity index (χ1) is 30.8. The molecule has 0 aliphatic carbocycles. The highest BCUT2D eigenvalue weighted by Crippen LogP contribution is 2.23. The topological polar surface area (TPSA) is 112 Å². The van der Waals surface area contributed by atoms with Crippen LogP contribution in [0.1, 0.15) is 38.7 Å². The molecule has 0 saturated carbocycles. The first-order valence-electron chi connectivity index (χ1n) is 20.5. The highest BCUT2D eigenvalue weighted by Gasteiger charge is 2.11. The van der Waals surface area contributed by atoms with Crippen molar-refractivity contribution >= 4 is 38.1 Å². The highest BCUT2D eigenvalue weighted by atomic mass is 79.9. The quantitative estimate of drug-likeness (QED) is 0.0704. The third-order valence-electron chi connectivity index (χ3n) is 9.38. The van der Waals surface area contributed by atoms with Crippen molar-refractivity contribution in [2.24, 2.45) is 14.1 Å². The normalized spacial score (nSPS) is 10.6. The Hall–Kier alpha value is -6.25. The number of ether oxygens (including phenoxy) is 2. The Labute approximate surface area is 386 Å². The van der Waals surface area contributed by atoms with Crippen LogP contribution in [0.3, 0.4) is 0 Å². The molecule has 1 N–H and O–H groups in total. The van der Waals surface area contributed by atoms with Gasteiger partial charge >= 0.3 is 0 Å². The van der Waals surface area contributed by atoms with Crippen LogP contribution in [0.4, 0.5) is 0 Å². The minimum Gasteiger partial charge on any atom is -0.457 e. The molecular formula is C50H50Br2N8O3. The Morgan fingerprint density at radius 2 is 1.02 bits per heavy atom. The summed E-state index contributed by atoms with van der Waals surface area (Å²) in [6.07, 6.45) is 6.26. The lowest BCUT2D eigenvalue weighted by molar-refractivity contribution is 0.112. The SMILES string of the molecule is Cn1cnc(CN(CCc2ccc(Br)cc2)Cc2ccc(Oc3ccccc3)cc2)n1.Cn1cnc(CNCCc2ccc(Br)cc2)n1.O=Cc1ccc(Oc2ccccc2)cc1. The molecule has 8 rings (SSSR count). The van der Waals surface area contributed by atoms with E-state index in [2.05, 4.69) is 123 Å². The van der Waals surface area contributed by atoms with E-state index in [4.69, 9.17) is 9.47 Å². The summed E-state index contributed by atoms with van der Waals surface area (Å²) in [5.41, 5.74) is 4.52. The number of aryl methyl sites for hydroxylation is 2. The number of carbonyl (C=O) groups excluding carboxylic acids is 1. The molecule has 0 bridgehead atoms. The van der Waals surface area contributed by atoms with E-state index < -0.39 is 0 Å². The van der Waals surface area contributed by atoms with Gasteiger partial charge in [0.2, 0.25) is 0 Å². The second-order valence-corrected chi connectivity index (χ2v) is 16.3. The molecule has 63 heavy (non-hydrogen) atoms. The fourth-order valence-corrected chi connectivity index (χ4v) is 6.67. The van der Waals surface area contributed by atoms with Crippen molar-refractivity contribution in [1.82, 2.24) is 39.7 Å². The van der Waals surface area contributed by atoms with Gasteiger partial charge in [0.25, 0.3) is 0 Å². The van der Waals surface area contributed by atoms with Crippen molar-refractivity contribution in [1.29, 1.82) is 0 Å². The molecule has 322 valence electrons. The van der Waals surface area contributed by atoms with Gasteiger partial charge in [-0.25, -0.2) is 9.97 Å². The lowest BCUT2D eigenvalue weighted by Gasteiger charge is -2.21. The summed E-state index contributed by atoms with van der Waals surface area (Å²) >= 11 is 6.93. The summed E-state index contributed by atoms with van der Waals surface area (Å²) in [6, 6.07) is 51.5. The van der Waals surface area contributed by atoms with Crippen molar-refractivity contribution in [3.63, 3.8) is 0 Å². The van der Waals surface area contributed by atoms with Crippen LogP contribution in [-0.2, 0) is 46.6 Å². The summed E-state index contributed by atoms with van der Waals surface area (Å²) < 4.78 is 17.2. The van der Waals surface area contributed by atoms with Crippen LogP contribution in [0, 0.1) is 0 Å².